The van der Waals surface area contributed by atoms with Crippen LogP contribution in [0.5, 0.6) is 0 Å². The van der Waals surface area contributed by atoms with Crippen molar-refractivity contribution >= 4 is 33.7 Å². The number of amides is 1. The molecule has 0 aliphatic rings. The zero-order valence-corrected chi connectivity index (χ0v) is 13.4. The first-order valence-corrected chi connectivity index (χ1v) is 7.28. The van der Waals surface area contributed by atoms with Gasteiger partial charge >= 0.3 is 12.1 Å². The smallest absolute Gasteiger partial charge is 0.412 e. The van der Waals surface area contributed by atoms with Crippen LogP contribution < -0.4 is 5.32 Å². The molecule has 2 N–H and O–H groups in total. The van der Waals surface area contributed by atoms with E-state index >= 15 is 0 Å². The molecule has 5 nitrogen and oxygen atoms in total. The maximum Gasteiger partial charge on any atom is 0.412 e. The highest BCUT2D eigenvalue weighted by molar-refractivity contribution is 9.10. The lowest BCUT2D eigenvalue weighted by Gasteiger charge is -2.12. The van der Waals surface area contributed by atoms with Gasteiger partial charge in [-0.05, 0) is 40.0 Å². The number of rotatable bonds is 4. The fraction of sp³-hybridized carbons (Fsp3) is 0.125. The number of aryl methyl sites for hydroxylation is 1. The molecule has 114 valence electrons. The summed E-state index contributed by atoms with van der Waals surface area (Å²) >= 11 is 3.29. The third-order valence-electron chi connectivity index (χ3n) is 3.01. The van der Waals surface area contributed by atoms with Gasteiger partial charge in [-0.25, -0.2) is 9.59 Å². The van der Waals surface area contributed by atoms with Crippen LogP contribution in [0.15, 0.2) is 46.9 Å². The Kier molecular flexibility index (Phi) is 5.16. The van der Waals surface area contributed by atoms with Crippen LogP contribution in [0.25, 0.3) is 0 Å². The molecule has 0 spiro atoms. The van der Waals surface area contributed by atoms with Crippen LogP contribution in [0.3, 0.4) is 0 Å². The van der Waals surface area contributed by atoms with Gasteiger partial charge in [0.15, 0.2) is 0 Å². The molecule has 0 unspecified atom stereocenters. The van der Waals surface area contributed by atoms with Crippen LogP contribution in [-0.2, 0) is 11.3 Å². The highest BCUT2D eigenvalue weighted by Crippen LogP contribution is 2.30. The lowest BCUT2D eigenvalue weighted by Crippen LogP contribution is -2.16. The largest absolute Gasteiger partial charge is 0.478 e. The molecule has 0 saturated heterocycles. The molecule has 0 fully saturated rings. The molecule has 2 aromatic carbocycles. The van der Waals surface area contributed by atoms with Crippen molar-refractivity contribution in [3.8, 4) is 0 Å². The number of carbonyl (C=O) groups excluding carboxylic acids is 1. The second-order valence-electron chi connectivity index (χ2n) is 4.61. The molecule has 0 bridgehead atoms. The molecule has 0 aliphatic heterocycles. The van der Waals surface area contributed by atoms with E-state index in [1.54, 1.807) is 13.0 Å². The first-order chi connectivity index (χ1) is 10.5. The average molecular weight is 364 g/mol. The maximum absolute atomic E-state index is 11.9. The SMILES string of the molecule is Cc1ccc(C(=O)O)c(NC(=O)OCc2ccccc2)c1Br. The van der Waals surface area contributed by atoms with Crippen LogP contribution >= 0.6 is 15.9 Å². The fourth-order valence-electron chi connectivity index (χ4n) is 1.84. The van der Waals surface area contributed by atoms with Crippen molar-refractivity contribution in [3.63, 3.8) is 0 Å². The minimum atomic E-state index is -1.13. The molecule has 0 saturated carbocycles. The number of ether oxygens (including phenoxy) is 1. The summed E-state index contributed by atoms with van der Waals surface area (Å²) in [6.07, 6.45) is -0.711. The molecule has 2 rings (SSSR count). The van der Waals surface area contributed by atoms with E-state index < -0.39 is 12.1 Å². The highest BCUT2D eigenvalue weighted by Gasteiger charge is 2.17. The molecule has 0 atom stereocenters. The standard InChI is InChI=1S/C16H14BrNO4/c1-10-7-8-12(15(19)20)14(13(10)17)18-16(21)22-9-11-5-3-2-4-6-11/h2-8H,9H2,1H3,(H,18,21)(H,19,20). The number of carbonyl (C=O) groups is 2. The van der Waals surface area contributed by atoms with Gasteiger partial charge in [-0.1, -0.05) is 36.4 Å². The summed E-state index contributed by atoms with van der Waals surface area (Å²) in [5.74, 6) is -1.13. The number of hydrogen-bond donors (Lipinski definition) is 2. The van der Waals surface area contributed by atoms with Gasteiger partial charge in [0.1, 0.15) is 6.61 Å². The van der Waals surface area contributed by atoms with Gasteiger partial charge in [0, 0.05) is 4.47 Å². The van der Waals surface area contributed by atoms with Crippen LogP contribution in [0.2, 0.25) is 0 Å². The topological polar surface area (TPSA) is 75.6 Å². The van der Waals surface area contributed by atoms with Crippen LogP contribution in [-0.4, -0.2) is 17.2 Å². The number of hydrogen-bond acceptors (Lipinski definition) is 3. The molecule has 0 radical (unpaired) electrons. The van der Waals surface area contributed by atoms with Crippen molar-refractivity contribution in [2.45, 2.75) is 13.5 Å². The summed E-state index contributed by atoms with van der Waals surface area (Å²) in [7, 11) is 0. The second kappa shape index (κ2) is 7.09. The van der Waals surface area contributed by atoms with Gasteiger partial charge in [0.2, 0.25) is 0 Å². The average Bonchev–Trinajstić information content (AvgIpc) is 2.50. The Labute approximate surface area is 136 Å². The van der Waals surface area contributed by atoms with Crippen molar-refractivity contribution in [2.24, 2.45) is 0 Å². The highest BCUT2D eigenvalue weighted by atomic mass is 79.9. The summed E-state index contributed by atoms with van der Waals surface area (Å²) in [5, 5.41) is 11.7. The summed E-state index contributed by atoms with van der Waals surface area (Å²) in [6, 6.07) is 12.3. The third-order valence-corrected chi connectivity index (χ3v) is 4.03. The summed E-state index contributed by atoms with van der Waals surface area (Å²) in [5.41, 5.74) is 1.84. The monoisotopic (exact) mass is 363 g/mol. The molecule has 22 heavy (non-hydrogen) atoms. The Morgan fingerprint density at radius 1 is 1.18 bits per heavy atom. The van der Waals surface area contributed by atoms with Crippen molar-refractivity contribution < 1.29 is 19.4 Å². The minimum Gasteiger partial charge on any atom is -0.478 e. The van der Waals surface area contributed by atoms with Gasteiger partial charge in [-0.15, -0.1) is 0 Å². The van der Waals surface area contributed by atoms with Gasteiger partial charge < -0.3 is 9.84 Å². The van der Waals surface area contributed by atoms with Crippen LogP contribution in [0.1, 0.15) is 21.5 Å². The minimum absolute atomic E-state index is 0.00543. The van der Waals surface area contributed by atoms with Gasteiger partial charge in [0.25, 0.3) is 0 Å². The molecule has 0 aromatic heterocycles. The lowest BCUT2D eigenvalue weighted by atomic mass is 10.1. The number of nitrogens with one attached hydrogen (secondary N) is 1. The fourth-order valence-corrected chi connectivity index (χ4v) is 2.29. The third kappa shape index (κ3) is 3.85. The number of carboxylic acids is 1. The van der Waals surface area contributed by atoms with Gasteiger partial charge in [-0.2, -0.15) is 0 Å². The van der Waals surface area contributed by atoms with E-state index in [0.717, 1.165) is 11.1 Å². The van der Waals surface area contributed by atoms with E-state index in [1.165, 1.54) is 6.07 Å². The summed E-state index contributed by atoms with van der Waals surface area (Å²) in [6.45, 7) is 1.91. The lowest BCUT2D eigenvalue weighted by molar-refractivity contribution is 0.0698. The number of benzene rings is 2. The summed E-state index contributed by atoms with van der Waals surface area (Å²) < 4.78 is 5.62. The summed E-state index contributed by atoms with van der Waals surface area (Å²) in [4.78, 5) is 23.1. The molecule has 6 heteroatoms. The van der Waals surface area contributed by atoms with Crippen LogP contribution in [0, 0.1) is 6.92 Å². The van der Waals surface area contributed by atoms with Crippen molar-refractivity contribution in [1.82, 2.24) is 0 Å². The van der Waals surface area contributed by atoms with Crippen molar-refractivity contribution in [3.05, 3.63) is 63.6 Å². The number of anilines is 1. The normalized spacial score (nSPS) is 10.1. The van der Waals surface area contributed by atoms with Gasteiger partial charge in [-0.3, -0.25) is 5.32 Å². The van der Waals surface area contributed by atoms with Crippen molar-refractivity contribution in [2.75, 3.05) is 5.32 Å². The predicted octanol–water partition coefficient (Wildman–Crippen LogP) is 4.20. The van der Waals surface area contributed by atoms with E-state index in [2.05, 4.69) is 21.2 Å². The van der Waals surface area contributed by atoms with Gasteiger partial charge in [0.05, 0.1) is 11.3 Å². The first-order valence-electron chi connectivity index (χ1n) is 6.49. The van der Waals surface area contributed by atoms with E-state index in [4.69, 9.17) is 4.74 Å². The molecular weight excluding hydrogens is 350 g/mol. The Hall–Kier alpha value is -2.34. The van der Waals surface area contributed by atoms with E-state index in [0.29, 0.717) is 4.47 Å². The molecule has 0 aliphatic carbocycles. The quantitative estimate of drug-likeness (QED) is 0.853. The number of halogens is 1. The predicted molar refractivity (Wildman–Crippen MR) is 86.1 cm³/mol. The molecule has 1 amide bonds. The number of carboxylic acid groups (broad SMARTS) is 1. The Balaban J connectivity index is 2.11. The van der Waals surface area contributed by atoms with E-state index in [9.17, 15) is 14.7 Å². The van der Waals surface area contributed by atoms with E-state index in [-0.39, 0.29) is 17.9 Å². The molecular formula is C16H14BrNO4. The second-order valence-corrected chi connectivity index (χ2v) is 5.40. The molecule has 2 aromatic rings. The number of aromatic carboxylic acids is 1. The van der Waals surface area contributed by atoms with E-state index in [1.807, 2.05) is 30.3 Å². The Morgan fingerprint density at radius 3 is 2.50 bits per heavy atom. The maximum atomic E-state index is 11.9. The Bertz CT molecular complexity index is 701. The zero-order chi connectivity index (χ0) is 16.1. The first kappa shape index (κ1) is 16.0. The Morgan fingerprint density at radius 2 is 1.86 bits per heavy atom. The van der Waals surface area contributed by atoms with Crippen LogP contribution in [0.4, 0.5) is 10.5 Å². The zero-order valence-electron chi connectivity index (χ0n) is 11.8. The van der Waals surface area contributed by atoms with Crippen molar-refractivity contribution in [1.29, 1.82) is 0 Å². The molecule has 0 heterocycles.